The lowest BCUT2D eigenvalue weighted by atomic mass is 9.97. The van der Waals surface area contributed by atoms with Crippen molar-refractivity contribution in [3.8, 4) is 11.1 Å². The number of rotatable bonds is 2. The average molecular weight is 266 g/mol. The molecule has 0 fully saturated rings. The molecule has 0 saturated heterocycles. The number of hydrogen-bond donors (Lipinski definition) is 1. The van der Waals surface area contributed by atoms with Crippen molar-refractivity contribution < 1.29 is 23.1 Å². The third kappa shape index (κ3) is 2.45. The summed E-state index contributed by atoms with van der Waals surface area (Å²) < 4.78 is 40.2. The molecule has 0 aliphatic carbocycles. The van der Waals surface area contributed by atoms with Crippen LogP contribution in [0.2, 0.25) is 0 Å². The molecule has 0 heterocycles. The minimum Gasteiger partial charge on any atom is -0.478 e. The number of aromatic carboxylic acids is 1. The fourth-order valence-corrected chi connectivity index (χ4v) is 1.82. The van der Waals surface area contributed by atoms with Gasteiger partial charge in [0.05, 0.1) is 11.1 Å². The van der Waals surface area contributed by atoms with Gasteiger partial charge >= 0.3 is 5.97 Å². The number of carbonyl (C=O) groups is 1. The van der Waals surface area contributed by atoms with Gasteiger partial charge in [0.1, 0.15) is 17.5 Å². The van der Waals surface area contributed by atoms with Gasteiger partial charge in [-0.15, -0.1) is 0 Å². The summed E-state index contributed by atoms with van der Waals surface area (Å²) in [6, 6.07) is 5.06. The summed E-state index contributed by atoms with van der Waals surface area (Å²) in [5.41, 5.74) is 0.0648. The Morgan fingerprint density at radius 2 is 1.63 bits per heavy atom. The van der Waals surface area contributed by atoms with Crippen molar-refractivity contribution in [1.82, 2.24) is 0 Å². The summed E-state index contributed by atoms with van der Waals surface area (Å²) in [4.78, 5) is 10.9. The Kier molecular flexibility index (Phi) is 3.29. The fraction of sp³-hybridized carbons (Fsp3) is 0.0714. The van der Waals surface area contributed by atoms with Crippen LogP contribution in [0, 0.1) is 24.4 Å². The molecule has 2 aromatic rings. The second-order valence-corrected chi connectivity index (χ2v) is 4.08. The zero-order chi connectivity index (χ0) is 14.2. The zero-order valence-corrected chi connectivity index (χ0v) is 9.88. The number of carboxylic acids is 1. The predicted octanol–water partition coefficient (Wildman–Crippen LogP) is 3.78. The summed E-state index contributed by atoms with van der Waals surface area (Å²) in [6.07, 6.45) is 0. The van der Waals surface area contributed by atoms with Crippen LogP contribution in [0.5, 0.6) is 0 Å². The molecule has 19 heavy (non-hydrogen) atoms. The maximum absolute atomic E-state index is 13.7. The molecule has 0 bridgehead atoms. The standard InChI is InChI=1S/C14H9F3O2/c1-7-2-3-8(14(18)19)4-10(7)13-11(16)5-9(15)6-12(13)17/h2-6H,1H3,(H,18,19). The monoisotopic (exact) mass is 266 g/mol. The maximum Gasteiger partial charge on any atom is 0.335 e. The van der Waals surface area contributed by atoms with Gasteiger partial charge < -0.3 is 5.11 Å². The second-order valence-electron chi connectivity index (χ2n) is 4.08. The van der Waals surface area contributed by atoms with Crippen LogP contribution in [0.3, 0.4) is 0 Å². The van der Waals surface area contributed by atoms with Crippen LogP contribution in [-0.4, -0.2) is 11.1 Å². The highest BCUT2D eigenvalue weighted by Crippen LogP contribution is 2.30. The van der Waals surface area contributed by atoms with Gasteiger partial charge in [0.2, 0.25) is 0 Å². The van der Waals surface area contributed by atoms with Gasteiger partial charge in [0, 0.05) is 12.1 Å². The van der Waals surface area contributed by atoms with E-state index in [1.54, 1.807) is 6.92 Å². The van der Waals surface area contributed by atoms with E-state index in [4.69, 9.17) is 5.11 Å². The van der Waals surface area contributed by atoms with E-state index in [2.05, 4.69) is 0 Å². The molecule has 0 unspecified atom stereocenters. The van der Waals surface area contributed by atoms with Gasteiger partial charge in [-0.05, 0) is 30.2 Å². The van der Waals surface area contributed by atoms with E-state index in [0.29, 0.717) is 17.7 Å². The van der Waals surface area contributed by atoms with Crippen LogP contribution < -0.4 is 0 Å². The van der Waals surface area contributed by atoms with Crippen LogP contribution in [0.15, 0.2) is 30.3 Å². The lowest BCUT2D eigenvalue weighted by molar-refractivity contribution is 0.0697. The van der Waals surface area contributed by atoms with Gasteiger partial charge in [-0.2, -0.15) is 0 Å². The SMILES string of the molecule is Cc1ccc(C(=O)O)cc1-c1c(F)cc(F)cc1F. The van der Waals surface area contributed by atoms with E-state index in [9.17, 15) is 18.0 Å². The predicted molar refractivity (Wildman–Crippen MR) is 63.4 cm³/mol. The third-order valence-electron chi connectivity index (χ3n) is 2.76. The van der Waals surface area contributed by atoms with Gasteiger partial charge in [0.15, 0.2) is 0 Å². The van der Waals surface area contributed by atoms with Gasteiger partial charge in [-0.3, -0.25) is 0 Å². The Bertz CT molecular complexity index is 643. The van der Waals surface area contributed by atoms with E-state index in [1.165, 1.54) is 12.1 Å². The molecule has 0 atom stereocenters. The van der Waals surface area contributed by atoms with Crippen molar-refractivity contribution in [3.63, 3.8) is 0 Å². The van der Waals surface area contributed by atoms with Crippen LogP contribution >= 0.6 is 0 Å². The summed E-state index contributed by atoms with van der Waals surface area (Å²) in [5, 5.41) is 8.88. The number of carboxylic acid groups (broad SMARTS) is 1. The largest absolute Gasteiger partial charge is 0.478 e. The van der Waals surface area contributed by atoms with Gasteiger partial charge in [0.25, 0.3) is 0 Å². The first-order chi connectivity index (χ1) is 8.90. The molecule has 5 heteroatoms. The van der Waals surface area contributed by atoms with E-state index in [0.717, 1.165) is 6.07 Å². The lowest BCUT2D eigenvalue weighted by Gasteiger charge is -2.10. The molecule has 0 aliphatic heterocycles. The Hall–Kier alpha value is -2.30. The van der Waals surface area contributed by atoms with Crippen molar-refractivity contribution in [3.05, 3.63) is 58.9 Å². The second kappa shape index (κ2) is 4.76. The van der Waals surface area contributed by atoms with Gasteiger partial charge in [-0.1, -0.05) is 6.07 Å². The minimum absolute atomic E-state index is 0.0925. The molecule has 0 radical (unpaired) electrons. The summed E-state index contributed by atoms with van der Waals surface area (Å²) in [7, 11) is 0. The van der Waals surface area contributed by atoms with Crippen molar-refractivity contribution >= 4 is 5.97 Å². The van der Waals surface area contributed by atoms with Crippen molar-refractivity contribution in [1.29, 1.82) is 0 Å². The summed E-state index contributed by atoms with van der Waals surface area (Å²) >= 11 is 0. The van der Waals surface area contributed by atoms with Crippen molar-refractivity contribution in [2.24, 2.45) is 0 Å². The third-order valence-corrected chi connectivity index (χ3v) is 2.76. The molecule has 2 nitrogen and oxygen atoms in total. The average Bonchev–Trinajstić information content (AvgIpc) is 2.29. The van der Waals surface area contributed by atoms with E-state index in [-0.39, 0.29) is 11.1 Å². The Labute approximate surface area is 107 Å². The molecule has 0 amide bonds. The molecule has 98 valence electrons. The number of benzene rings is 2. The lowest BCUT2D eigenvalue weighted by Crippen LogP contribution is -2.00. The summed E-state index contributed by atoms with van der Waals surface area (Å²) in [5.74, 6) is -4.36. The highest BCUT2D eigenvalue weighted by Gasteiger charge is 2.17. The molecule has 0 spiro atoms. The normalized spacial score (nSPS) is 10.5. The first-order valence-corrected chi connectivity index (χ1v) is 5.39. The molecule has 0 saturated carbocycles. The van der Waals surface area contributed by atoms with E-state index in [1.807, 2.05) is 0 Å². The van der Waals surface area contributed by atoms with Crippen molar-refractivity contribution in [2.45, 2.75) is 6.92 Å². The van der Waals surface area contributed by atoms with E-state index < -0.39 is 29.0 Å². The Morgan fingerprint density at radius 3 is 2.16 bits per heavy atom. The highest BCUT2D eigenvalue weighted by molar-refractivity contribution is 5.90. The first kappa shape index (κ1) is 13.1. The van der Waals surface area contributed by atoms with E-state index >= 15 is 0 Å². The number of aryl methyl sites for hydroxylation is 1. The fourth-order valence-electron chi connectivity index (χ4n) is 1.82. The quantitative estimate of drug-likeness (QED) is 0.898. The molecule has 0 aromatic heterocycles. The molecule has 0 aliphatic rings. The van der Waals surface area contributed by atoms with Crippen LogP contribution in [-0.2, 0) is 0 Å². The Balaban J connectivity index is 2.71. The molecule has 1 N–H and O–H groups in total. The van der Waals surface area contributed by atoms with Crippen LogP contribution in [0.25, 0.3) is 11.1 Å². The minimum atomic E-state index is -1.20. The molecular weight excluding hydrogens is 257 g/mol. The smallest absolute Gasteiger partial charge is 0.335 e. The molecule has 2 rings (SSSR count). The topological polar surface area (TPSA) is 37.3 Å². The van der Waals surface area contributed by atoms with Gasteiger partial charge in [-0.25, -0.2) is 18.0 Å². The molecule has 2 aromatic carbocycles. The van der Waals surface area contributed by atoms with Crippen LogP contribution in [0.1, 0.15) is 15.9 Å². The number of halogens is 3. The highest BCUT2D eigenvalue weighted by atomic mass is 19.1. The number of hydrogen-bond acceptors (Lipinski definition) is 1. The first-order valence-electron chi connectivity index (χ1n) is 5.39. The van der Waals surface area contributed by atoms with Crippen molar-refractivity contribution in [2.75, 3.05) is 0 Å². The zero-order valence-electron chi connectivity index (χ0n) is 9.88. The summed E-state index contributed by atoms with van der Waals surface area (Å²) in [6.45, 7) is 1.59. The maximum atomic E-state index is 13.7. The van der Waals surface area contributed by atoms with Crippen LogP contribution in [0.4, 0.5) is 13.2 Å². The molecular formula is C14H9F3O2. The Morgan fingerprint density at radius 1 is 1.05 bits per heavy atom.